The van der Waals surface area contributed by atoms with Crippen molar-refractivity contribution in [3.05, 3.63) is 47.5 Å². The summed E-state index contributed by atoms with van der Waals surface area (Å²) in [7, 11) is -3.46. The molecule has 0 unspecified atom stereocenters. The molecule has 0 aliphatic carbocycles. The minimum absolute atomic E-state index is 0.00668. The third-order valence-electron chi connectivity index (χ3n) is 3.75. The van der Waals surface area contributed by atoms with Crippen LogP contribution in [0.25, 0.3) is 11.0 Å². The first-order valence-corrected chi connectivity index (χ1v) is 10.4. The molecule has 0 bridgehead atoms. The minimum atomic E-state index is -3.46. The van der Waals surface area contributed by atoms with Crippen molar-refractivity contribution in [2.24, 2.45) is 0 Å². The van der Waals surface area contributed by atoms with Crippen LogP contribution in [0.4, 0.5) is 5.69 Å². The molecule has 3 rings (SSSR count). The summed E-state index contributed by atoms with van der Waals surface area (Å²) in [6.45, 7) is 1.13. The Labute approximate surface area is 159 Å². The highest BCUT2D eigenvalue weighted by molar-refractivity contribution is 7.90. The number of esters is 1. The van der Waals surface area contributed by atoms with Gasteiger partial charge in [-0.1, -0.05) is 12.1 Å². The molecule has 8 nitrogen and oxygen atoms in total. The summed E-state index contributed by atoms with van der Waals surface area (Å²) in [5, 5.41) is 2.62. The Balaban J connectivity index is 1.69. The number of amides is 1. The fourth-order valence-electron chi connectivity index (χ4n) is 2.35. The number of anilines is 1. The molecule has 0 spiro atoms. The van der Waals surface area contributed by atoms with Crippen molar-refractivity contribution in [3.8, 4) is 0 Å². The van der Waals surface area contributed by atoms with Gasteiger partial charge in [0.25, 0.3) is 5.91 Å². The topological polar surface area (TPSA) is 115 Å². The Morgan fingerprint density at radius 3 is 2.70 bits per heavy atom. The second-order valence-electron chi connectivity index (χ2n) is 5.81. The lowest BCUT2D eigenvalue weighted by atomic mass is 10.1. The molecule has 3 aromatic rings. The number of benzene rings is 2. The van der Waals surface area contributed by atoms with Crippen LogP contribution in [0, 0.1) is 6.92 Å². The summed E-state index contributed by atoms with van der Waals surface area (Å²) in [5.74, 6) is -1.32. The van der Waals surface area contributed by atoms with Gasteiger partial charge in [0, 0.05) is 6.26 Å². The summed E-state index contributed by atoms with van der Waals surface area (Å²) in [6, 6.07) is 9.34. The zero-order valence-electron chi connectivity index (χ0n) is 14.4. The molecule has 0 radical (unpaired) electrons. The molecule has 1 heterocycles. The molecule has 0 saturated carbocycles. The Morgan fingerprint density at radius 2 is 1.96 bits per heavy atom. The van der Waals surface area contributed by atoms with Gasteiger partial charge < -0.3 is 10.1 Å². The normalized spacial score (nSPS) is 11.3. The minimum Gasteiger partial charge on any atom is -0.452 e. The van der Waals surface area contributed by atoms with Gasteiger partial charge in [0.1, 0.15) is 11.0 Å². The first-order chi connectivity index (χ1) is 12.8. The van der Waals surface area contributed by atoms with Gasteiger partial charge in [-0.05, 0) is 36.8 Å². The molecule has 1 N–H and O–H groups in total. The second-order valence-corrected chi connectivity index (χ2v) is 8.35. The number of aryl methyl sites for hydroxylation is 1. The van der Waals surface area contributed by atoms with Crippen molar-refractivity contribution in [3.63, 3.8) is 0 Å². The first-order valence-electron chi connectivity index (χ1n) is 7.74. The van der Waals surface area contributed by atoms with E-state index in [0.29, 0.717) is 22.3 Å². The number of fused-ring (bicyclic) bond motifs is 1. The number of hydrogen-bond donors (Lipinski definition) is 1. The molecule has 1 aromatic heterocycles. The van der Waals surface area contributed by atoms with Crippen LogP contribution in [-0.4, -0.2) is 41.9 Å². The SMILES string of the molecule is Cc1ccc(S(C)(=O)=O)cc1C(=O)OCC(=O)Nc1cccc2nsnc12. The van der Waals surface area contributed by atoms with Crippen molar-refractivity contribution in [2.75, 3.05) is 18.2 Å². The largest absolute Gasteiger partial charge is 0.452 e. The molecular formula is C17H15N3O5S2. The van der Waals surface area contributed by atoms with Gasteiger partial charge in [0.15, 0.2) is 16.4 Å². The van der Waals surface area contributed by atoms with E-state index >= 15 is 0 Å². The van der Waals surface area contributed by atoms with E-state index in [0.717, 1.165) is 18.0 Å². The van der Waals surface area contributed by atoms with E-state index in [1.807, 2.05) is 0 Å². The Kier molecular flexibility index (Phi) is 5.19. The predicted molar refractivity (Wildman–Crippen MR) is 101 cm³/mol. The molecule has 0 aliphatic rings. The van der Waals surface area contributed by atoms with Crippen LogP contribution in [0.1, 0.15) is 15.9 Å². The van der Waals surface area contributed by atoms with Crippen LogP contribution >= 0.6 is 11.7 Å². The van der Waals surface area contributed by atoms with E-state index in [2.05, 4.69) is 14.1 Å². The second kappa shape index (κ2) is 7.41. The lowest BCUT2D eigenvalue weighted by Gasteiger charge is -2.09. The molecule has 0 saturated heterocycles. The first kappa shape index (κ1) is 18.9. The monoisotopic (exact) mass is 405 g/mol. The van der Waals surface area contributed by atoms with Crippen LogP contribution in [0.5, 0.6) is 0 Å². The molecule has 0 aliphatic heterocycles. The quantitative estimate of drug-likeness (QED) is 0.647. The predicted octanol–water partition coefficient (Wildman–Crippen LogP) is 2.20. The number of nitrogens with one attached hydrogen (secondary N) is 1. The van der Waals surface area contributed by atoms with Crippen molar-refractivity contribution in [1.82, 2.24) is 8.75 Å². The highest BCUT2D eigenvalue weighted by Crippen LogP contribution is 2.21. The maximum absolute atomic E-state index is 12.3. The molecule has 27 heavy (non-hydrogen) atoms. The maximum Gasteiger partial charge on any atom is 0.338 e. The van der Waals surface area contributed by atoms with Crippen LogP contribution in [0.2, 0.25) is 0 Å². The molecular weight excluding hydrogens is 390 g/mol. The van der Waals surface area contributed by atoms with Crippen molar-refractivity contribution < 1.29 is 22.7 Å². The lowest BCUT2D eigenvalue weighted by Crippen LogP contribution is -2.21. The summed E-state index contributed by atoms with van der Waals surface area (Å²) in [5.41, 5.74) is 2.32. The van der Waals surface area contributed by atoms with Crippen molar-refractivity contribution >= 4 is 50.2 Å². The number of hydrogen-bond acceptors (Lipinski definition) is 8. The molecule has 1 amide bonds. The average molecular weight is 405 g/mol. The van der Waals surface area contributed by atoms with Gasteiger partial charge in [-0.3, -0.25) is 4.79 Å². The standard InChI is InChI=1S/C17H15N3O5S2/c1-10-6-7-11(27(2,23)24)8-12(10)17(22)25-9-15(21)18-13-4-3-5-14-16(13)20-26-19-14/h3-8H,9H2,1-2H3,(H,18,21). The molecule has 2 aromatic carbocycles. The van der Waals surface area contributed by atoms with Gasteiger partial charge in [-0.25, -0.2) is 13.2 Å². The number of carbonyl (C=O) groups excluding carboxylic acids is 2. The summed E-state index contributed by atoms with van der Waals surface area (Å²) in [4.78, 5) is 24.4. The average Bonchev–Trinajstić information content (AvgIpc) is 3.09. The highest BCUT2D eigenvalue weighted by Gasteiger charge is 2.17. The Morgan fingerprint density at radius 1 is 1.19 bits per heavy atom. The van der Waals surface area contributed by atoms with Gasteiger partial charge in [0.05, 0.1) is 27.9 Å². The van der Waals surface area contributed by atoms with Gasteiger partial charge >= 0.3 is 5.97 Å². The number of rotatable bonds is 5. The third kappa shape index (κ3) is 4.29. The zero-order chi connectivity index (χ0) is 19.6. The Bertz CT molecular complexity index is 1140. The van der Waals surface area contributed by atoms with Crippen LogP contribution in [0.15, 0.2) is 41.3 Å². The summed E-state index contributed by atoms with van der Waals surface area (Å²) < 4.78 is 36.5. The molecule has 10 heteroatoms. The smallest absolute Gasteiger partial charge is 0.338 e. The fraction of sp³-hybridized carbons (Fsp3) is 0.176. The fourth-order valence-corrected chi connectivity index (χ4v) is 3.55. The van der Waals surface area contributed by atoms with Gasteiger partial charge in [0.2, 0.25) is 0 Å². The van der Waals surface area contributed by atoms with E-state index in [1.165, 1.54) is 18.2 Å². The van der Waals surface area contributed by atoms with Crippen LogP contribution < -0.4 is 5.32 Å². The number of sulfone groups is 1. The van der Waals surface area contributed by atoms with Gasteiger partial charge in [-0.15, -0.1) is 0 Å². The molecule has 140 valence electrons. The van der Waals surface area contributed by atoms with E-state index in [9.17, 15) is 18.0 Å². The summed E-state index contributed by atoms with van der Waals surface area (Å²) >= 11 is 1.03. The zero-order valence-corrected chi connectivity index (χ0v) is 16.1. The van der Waals surface area contributed by atoms with Crippen LogP contribution in [0.3, 0.4) is 0 Å². The van der Waals surface area contributed by atoms with E-state index in [-0.39, 0.29) is 10.5 Å². The highest BCUT2D eigenvalue weighted by atomic mass is 32.2. The number of carbonyl (C=O) groups is 2. The molecule has 0 atom stereocenters. The van der Waals surface area contributed by atoms with Gasteiger partial charge in [-0.2, -0.15) is 8.75 Å². The van der Waals surface area contributed by atoms with E-state index < -0.39 is 28.3 Å². The van der Waals surface area contributed by atoms with Crippen LogP contribution in [-0.2, 0) is 19.4 Å². The maximum atomic E-state index is 12.3. The van der Waals surface area contributed by atoms with E-state index in [4.69, 9.17) is 4.74 Å². The summed E-state index contributed by atoms with van der Waals surface area (Å²) in [6.07, 6.45) is 1.05. The number of ether oxygens (including phenoxy) is 1. The lowest BCUT2D eigenvalue weighted by molar-refractivity contribution is -0.119. The third-order valence-corrected chi connectivity index (χ3v) is 5.40. The number of nitrogens with zero attached hydrogens (tertiary/aromatic N) is 2. The van der Waals surface area contributed by atoms with Crippen molar-refractivity contribution in [1.29, 1.82) is 0 Å². The Hall–Kier alpha value is -2.85. The molecule has 0 fully saturated rings. The van der Waals surface area contributed by atoms with Crippen molar-refractivity contribution in [2.45, 2.75) is 11.8 Å². The van der Waals surface area contributed by atoms with E-state index in [1.54, 1.807) is 25.1 Å². The number of aromatic nitrogens is 2.